The largest absolute Gasteiger partial charge is 0.327 e. The highest BCUT2D eigenvalue weighted by Crippen LogP contribution is 2.37. The van der Waals surface area contributed by atoms with E-state index in [4.69, 9.17) is 0 Å². The van der Waals surface area contributed by atoms with Gasteiger partial charge in [0.1, 0.15) is 5.54 Å². The van der Waals surface area contributed by atoms with E-state index in [9.17, 15) is 9.59 Å². The summed E-state index contributed by atoms with van der Waals surface area (Å²) in [5.41, 5.74) is 0.732. The fourth-order valence-corrected chi connectivity index (χ4v) is 4.06. The summed E-state index contributed by atoms with van der Waals surface area (Å²) in [7, 11) is 1.62. The standard InChI is InChI=1S/C20H29N3O2/c1-16(2)15-23-19(25)21(3)18(24)20(23)10-13-22(14-11-20)12-9-17-7-5-4-6-8-17/h4-8,16H,9-15H2,1-3H3. The smallest absolute Gasteiger partial charge is 0.309 e. The minimum atomic E-state index is -0.612. The number of amides is 3. The average molecular weight is 343 g/mol. The Hall–Kier alpha value is -1.88. The number of carbonyl (C=O) groups excluding carboxylic acids is 2. The molecule has 0 saturated carbocycles. The van der Waals surface area contributed by atoms with E-state index in [0.717, 1.165) is 38.9 Å². The van der Waals surface area contributed by atoms with Gasteiger partial charge in [0.25, 0.3) is 5.91 Å². The Balaban J connectivity index is 1.64. The Morgan fingerprint density at radius 1 is 1.08 bits per heavy atom. The summed E-state index contributed by atoms with van der Waals surface area (Å²) in [6.07, 6.45) is 2.50. The molecule has 0 atom stereocenters. The Bertz CT molecular complexity index is 621. The molecule has 3 rings (SSSR count). The summed E-state index contributed by atoms with van der Waals surface area (Å²) in [6.45, 7) is 7.58. The van der Waals surface area contributed by atoms with E-state index in [1.54, 1.807) is 7.05 Å². The number of piperidine rings is 1. The fourth-order valence-electron chi connectivity index (χ4n) is 4.06. The third-order valence-electron chi connectivity index (χ3n) is 5.53. The Morgan fingerprint density at radius 3 is 2.32 bits per heavy atom. The lowest BCUT2D eigenvalue weighted by Gasteiger charge is -2.42. The number of nitrogens with zero attached hydrogens (tertiary/aromatic N) is 3. The zero-order valence-corrected chi connectivity index (χ0v) is 15.6. The summed E-state index contributed by atoms with van der Waals surface area (Å²) in [6, 6.07) is 10.4. The van der Waals surface area contributed by atoms with E-state index in [-0.39, 0.29) is 11.9 Å². The quantitative estimate of drug-likeness (QED) is 0.772. The molecule has 2 aliphatic heterocycles. The van der Waals surface area contributed by atoms with Gasteiger partial charge in [-0.1, -0.05) is 44.2 Å². The van der Waals surface area contributed by atoms with Crippen LogP contribution in [-0.4, -0.2) is 65.4 Å². The monoisotopic (exact) mass is 343 g/mol. The second kappa shape index (κ2) is 7.16. The minimum absolute atomic E-state index is 0.0131. The first-order chi connectivity index (χ1) is 11.9. The highest BCUT2D eigenvalue weighted by Gasteiger charge is 2.56. The topological polar surface area (TPSA) is 43.9 Å². The van der Waals surface area contributed by atoms with Gasteiger partial charge in [-0.25, -0.2) is 4.79 Å². The summed E-state index contributed by atoms with van der Waals surface area (Å²) in [5.74, 6) is 0.345. The first-order valence-corrected chi connectivity index (χ1v) is 9.30. The molecular weight excluding hydrogens is 314 g/mol. The average Bonchev–Trinajstić information content (AvgIpc) is 2.78. The highest BCUT2D eigenvalue weighted by atomic mass is 16.2. The molecule has 5 heteroatoms. The van der Waals surface area contributed by atoms with Gasteiger partial charge in [0.2, 0.25) is 0 Å². The number of likely N-dealkylation sites (N-methyl/N-ethyl adjacent to an activating group) is 1. The van der Waals surface area contributed by atoms with Crippen LogP contribution in [0.25, 0.3) is 0 Å². The molecule has 0 bridgehead atoms. The van der Waals surface area contributed by atoms with Gasteiger partial charge in [-0.3, -0.25) is 9.69 Å². The maximum absolute atomic E-state index is 12.8. The number of benzene rings is 1. The van der Waals surface area contributed by atoms with Crippen LogP contribution in [0.3, 0.4) is 0 Å². The van der Waals surface area contributed by atoms with E-state index < -0.39 is 5.54 Å². The van der Waals surface area contributed by atoms with Crippen LogP contribution in [0.1, 0.15) is 32.3 Å². The molecule has 0 radical (unpaired) electrons. The van der Waals surface area contributed by atoms with Gasteiger partial charge >= 0.3 is 6.03 Å². The van der Waals surface area contributed by atoms with Crippen LogP contribution in [0.15, 0.2) is 30.3 Å². The molecular formula is C20H29N3O2. The second-order valence-corrected chi connectivity index (χ2v) is 7.76. The van der Waals surface area contributed by atoms with Gasteiger partial charge in [0.05, 0.1) is 0 Å². The molecule has 2 aliphatic rings. The third kappa shape index (κ3) is 3.43. The minimum Gasteiger partial charge on any atom is -0.309 e. The van der Waals surface area contributed by atoms with Crippen LogP contribution < -0.4 is 0 Å². The number of urea groups is 1. The van der Waals surface area contributed by atoms with Crippen molar-refractivity contribution in [3.05, 3.63) is 35.9 Å². The molecule has 2 saturated heterocycles. The van der Waals surface area contributed by atoms with Crippen LogP contribution in [0.5, 0.6) is 0 Å². The lowest BCUT2D eigenvalue weighted by molar-refractivity contribution is -0.135. The van der Waals surface area contributed by atoms with Crippen molar-refractivity contribution in [1.82, 2.24) is 14.7 Å². The number of rotatable bonds is 5. The molecule has 0 aromatic heterocycles. The first kappa shape index (κ1) is 17.9. The molecule has 1 aromatic rings. The predicted octanol–water partition coefficient (Wildman–Crippen LogP) is 2.61. The van der Waals surface area contributed by atoms with Crippen LogP contribution >= 0.6 is 0 Å². The zero-order valence-electron chi connectivity index (χ0n) is 15.6. The van der Waals surface area contributed by atoms with Crippen molar-refractivity contribution in [1.29, 1.82) is 0 Å². The predicted molar refractivity (Wildman–Crippen MR) is 98.3 cm³/mol. The van der Waals surface area contributed by atoms with Crippen molar-refractivity contribution < 1.29 is 9.59 Å². The van der Waals surface area contributed by atoms with E-state index in [0.29, 0.717) is 12.5 Å². The Kier molecular flexibility index (Phi) is 5.13. The molecule has 3 amide bonds. The van der Waals surface area contributed by atoms with Crippen molar-refractivity contribution in [3.8, 4) is 0 Å². The summed E-state index contributed by atoms with van der Waals surface area (Å²) in [5, 5.41) is 0. The van der Waals surface area contributed by atoms with Crippen LogP contribution in [0.4, 0.5) is 4.79 Å². The third-order valence-corrected chi connectivity index (χ3v) is 5.53. The van der Waals surface area contributed by atoms with E-state index >= 15 is 0 Å². The zero-order chi connectivity index (χ0) is 18.0. The maximum atomic E-state index is 12.8. The molecule has 25 heavy (non-hydrogen) atoms. The van der Waals surface area contributed by atoms with Crippen molar-refractivity contribution >= 4 is 11.9 Å². The molecule has 1 spiro atoms. The Labute approximate surface area is 150 Å². The maximum Gasteiger partial charge on any atom is 0.327 e. The molecule has 1 aromatic carbocycles. The molecule has 5 nitrogen and oxygen atoms in total. The van der Waals surface area contributed by atoms with Crippen molar-refractivity contribution in [2.45, 2.75) is 38.6 Å². The van der Waals surface area contributed by atoms with Crippen LogP contribution in [0, 0.1) is 5.92 Å². The number of imide groups is 1. The van der Waals surface area contributed by atoms with Gasteiger partial charge in [0.15, 0.2) is 0 Å². The van der Waals surface area contributed by atoms with Crippen molar-refractivity contribution in [2.75, 3.05) is 33.2 Å². The van der Waals surface area contributed by atoms with E-state index in [1.165, 1.54) is 10.5 Å². The summed E-state index contributed by atoms with van der Waals surface area (Å²) >= 11 is 0. The number of likely N-dealkylation sites (tertiary alicyclic amines) is 1. The lowest BCUT2D eigenvalue weighted by Crippen LogP contribution is -2.57. The van der Waals surface area contributed by atoms with Crippen LogP contribution in [-0.2, 0) is 11.2 Å². The second-order valence-electron chi connectivity index (χ2n) is 7.76. The van der Waals surface area contributed by atoms with Gasteiger partial charge in [-0.15, -0.1) is 0 Å². The fraction of sp³-hybridized carbons (Fsp3) is 0.600. The van der Waals surface area contributed by atoms with Gasteiger partial charge in [-0.05, 0) is 30.7 Å². The first-order valence-electron chi connectivity index (χ1n) is 9.30. The lowest BCUT2D eigenvalue weighted by atomic mass is 9.85. The van der Waals surface area contributed by atoms with Crippen molar-refractivity contribution in [2.24, 2.45) is 5.92 Å². The SMILES string of the molecule is CC(C)CN1C(=O)N(C)C(=O)C12CCN(CCc1ccccc1)CC2. The highest BCUT2D eigenvalue weighted by molar-refractivity contribution is 6.06. The normalized spacial score (nSPS) is 21.0. The number of hydrogen-bond acceptors (Lipinski definition) is 3. The molecule has 0 unspecified atom stereocenters. The molecule has 2 fully saturated rings. The van der Waals surface area contributed by atoms with E-state index in [2.05, 4.69) is 43.0 Å². The summed E-state index contributed by atoms with van der Waals surface area (Å²) in [4.78, 5) is 30.9. The molecule has 2 heterocycles. The molecule has 0 aliphatic carbocycles. The van der Waals surface area contributed by atoms with E-state index in [1.807, 2.05) is 11.0 Å². The van der Waals surface area contributed by atoms with Crippen molar-refractivity contribution in [3.63, 3.8) is 0 Å². The molecule has 136 valence electrons. The van der Waals surface area contributed by atoms with Gasteiger partial charge < -0.3 is 9.80 Å². The summed E-state index contributed by atoms with van der Waals surface area (Å²) < 4.78 is 0. The number of hydrogen-bond donors (Lipinski definition) is 0. The molecule has 0 N–H and O–H groups in total. The van der Waals surface area contributed by atoms with Gasteiger partial charge in [-0.2, -0.15) is 0 Å². The number of carbonyl (C=O) groups is 2. The Morgan fingerprint density at radius 2 is 1.72 bits per heavy atom. The van der Waals surface area contributed by atoms with Crippen LogP contribution in [0.2, 0.25) is 0 Å². The van der Waals surface area contributed by atoms with Gasteiger partial charge in [0, 0.05) is 33.2 Å².